The highest BCUT2D eigenvalue weighted by molar-refractivity contribution is 6.33. The average Bonchev–Trinajstić information content (AvgIpc) is 3.67. The van der Waals surface area contributed by atoms with Gasteiger partial charge < -0.3 is 20.2 Å². The molecule has 3 aromatic rings. The van der Waals surface area contributed by atoms with E-state index in [9.17, 15) is 13.2 Å². The lowest BCUT2D eigenvalue weighted by molar-refractivity contribution is -0.137. The predicted molar refractivity (Wildman–Crippen MR) is 134 cm³/mol. The highest BCUT2D eigenvalue weighted by Crippen LogP contribution is 2.38. The standard InChI is InChI=1S/C26H25ClF3N5O2/c1-14-6-7-16(15(2)10-14)11-19-13-36-35-24(32-19)21-22(31-18-8-9-18)23(27)33-34-25(21)37-20-5-3-4-17(12-20)26(28,29)30/h3-7,10,12,18-19H,8-9,11,13H2,1-2H3,(H,31,34)(H,32,35). The number of amidine groups is 1. The Kier molecular flexibility index (Phi) is 6.85. The number of anilines is 1. The molecule has 2 heterocycles. The third-order valence-electron chi connectivity index (χ3n) is 6.17. The molecule has 0 radical (unpaired) electrons. The van der Waals surface area contributed by atoms with Crippen LogP contribution >= 0.6 is 11.6 Å². The van der Waals surface area contributed by atoms with Crippen molar-refractivity contribution in [3.63, 3.8) is 0 Å². The quantitative estimate of drug-likeness (QED) is 0.388. The fourth-order valence-corrected chi connectivity index (χ4v) is 4.31. The molecular formula is C26H25ClF3N5O2. The largest absolute Gasteiger partial charge is 0.437 e. The zero-order valence-electron chi connectivity index (χ0n) is 20.2. The molecule has 0 spiro atoms. The number of ether oxygens (including phenoxy) is 1. The van der Waals surface area contributed by atoms with Crippen LogP contribution in [0.25, 0.3) is 0 Å². The van der Waals surface area contributed by atoms with E-state index in [0.29, 0.717) is 30.1 Å². The number of aromatic nitrogens is 2. The van der Waals surface area contributed by atoms with Crippen molar-refractivity contribution in [2.75, 3.05) is 11.9 Å². The molecule has 2 N–H and O–H groups in total. The van der Waals surface area contributed by atoms with Gasteiger partial charge in [-0.2, -0.15) is 13.2 Å². The summed E-state index contributed by atoms with van der Waals surface area (Å²) in [5, 5.41) is 19.0. The number of nitrogens with zero attached hydrogens (tertiary/aromatic N) is 3. The third-order valence-corrected chi connectivity index (χ3v) is 6.44. The Morgan fingerprint density at radius 1 is 1.14 bits per heavy atom. The second-order valence-electron chi connectivity index (χ2n) is 9.30. The lowest BCUT2D eigenvalue weighted by atomic mass is 9.99. The molecular weight excluding hydrogens is 507 g/mol. The third kappa shape index (κ3) is 5.90. The van der Waals surface area contributed by atoms with Gasteiger partial charge in [-0.1, -0.05) is 46.6 Å². The fraction of sp³-hybridized carbons (Fsp3) is 0.346. The van der Waals surface area contributed by atoms with Crippen LogP contribution in [0, 0.1) is 13.8 Å². The van der Waals surface area contributed by atoms with Crippen LogP contribution in [0.4, 0.5) is 18.9 Å². The fourth-order valence-electron chi connectivity index (χ4n) is 4.12. The van der Waals surface area contributed by atoms with Crippen molar-refractivity contribution in [2.24, 2.45) is 5.16 Å². The number of aryl methyl sites for hydroxylation is 2. The summed E-state index contributed by atoms with van der Waals surface area (Å²) < 4.78 is 45.6. The molecule has 1 unspecified atom stereocenters. The molecule has 0 bridgehead atoms. The number of halogens is 4. The van der Waals surface area contributed by atoms with Crippen LogP contribution in [-0.4, -0.2) is 34.7 Å². The van der Waals surface area contributed by atoms with Gasteiger partial charge in [-0.3, -0.25) is 0 Å². The Hall–Kier alpha value is -3.53. The first-order chi connectivity index (χ1) is 17.7. The minimum Gasteiger partial charge on any atom is -0.437 e. The summed E-state index contributed by atoms with van der Waals surface area (Å²) in [4.78, 5) is 5.57. The van der Waals surface area contributed by atoms with Crippen LogP contribution in [0.3, 0.4) is 0 Å². The number of hydrogen-bond acceptors (Lipinski definition) is 7. The second kappa shape index (κ2) is 10.1. The van der Waals surface area contributed by atoms with Gasteiger partial charge in [0.2, 0.25) is 0 Å². The van der Waals surface area contributed by atoms with Gasteiger partial charge in [0.05, 0.1) is 17.3 Å². The van der Waals surface area contributed by atoms with Crippen LogP contribution in [0.5, 0.6) is 11.6 Å². The SMILES string of the molecule is Cc1ccc(CC2CON=C(c3c(Oc4cccc(C(F)(F)F)c4)nnc(Cl)c3NC3CC3)N2)c(C)c1. The zero-order chi connectivity index (χ0) is 26.2. The number of rotatable bonds is 7. The first-order valence-electron chi connectivity index (χ1n) is 11.9. The van der Waals surface area contributed by atoms with E-state index in [0.717, 1.165) is 30.5 Å². The van der Waals surface area contributed by atoms with Gasteiger partial charge in [0.15, 0.2) is 11.0 Å². The first kappa shape index (κ1) is 25.1. The van der Waals surface area contributed by atoms with Crippen molar-refractivity contribution >= 4 is 23.1 Å². The van der Waals surface area contributed by atoms with Crippen molar-refractivity contribution in [2.45, 2.75) is 51.4 Å². The normalized spacial score (nSPS) is 17.5. The van der Waals surface area contributed by atoms with Crippen LogP contribution < -0.4 is 15.4 Å². The smallest absolute Gasteiger partial charge is 0.416 e. The molecule has 2 aromatic carbocycles. The van der Waals surface area contributed by atoms with Crippen LogP contribution in [0.1, 0.15) is 40.7 Å². The molecule has 2 aliphatic rings. The van der Waals surface area contributed by atoms with Crippen molar-refractivity contribution < 1.29 is 22.7 Å². The molecule has 1 aromatic heterocycles. The summed E-state index contributed by atoms with van der Waals surface area (Å²) in [5.74, 6) is 0.214. The minimum absolute atomic E-state index is 0.0470. The van der Waals surface area contributed by atoms with E-state index in [4.69, 9.17) is 21.2 Å². The highest BCUT2D eigenvalue weighted by Gasteiger charge is 2.33. The van der Waals surface area contributed by atoms with Crippen LogP contribution in [0.2, 0.25) is 5.15 Å². The second-order valence-corrected chi connectivity index (χ2v) is 9.66. The Morgan fingerprint density at radius 2 is 1.95 bits per heavy atom. The highest BCUT2D eigenvalue weighted by atomic mass is 35.5. The van der Waals surface area contributed by atoms with Gasteiger partial charge in [-0.15, -0.1) is 10.2 Å². The van der Waals surface area contributed by atoms with E-state index in [2.05, 4.69) is 51.1 Å². The molecule has 37 heavy (non-hydrogen) atoms. The Balaban J connectivity index is 1.48. The molecule has 1 atom stereocenters. The number of hydrogen-bond donors (Lipinski definition) is 2. The van der Waals surface area contributed by atoms with E-state index < -0.39 is 11.7 Å². The van der Waals surface area contributed by atoms with Gasteiger partial charge >= 0.3 is 6.18 Å². The summed E-state index contributed by atoms with van der Waals surface area (Å²) in [6.07, 6.45) is -1.94. The zero-order valence-corrected chi connectivity index (χ0v) is 21.0. The summed E-state index contributed by atoms with van der Waals surface area (Å²) in [6.45, 7) is 4.44. The van der Waals surface area contributed by atoms with Crippen molar-refractivity contribution in [3.05, 3.63) is 75.4 Å². The molecule has 7 nitrogen and oxygen atoms in total. The molecule has 194 valence electrons. The van der Waals surface area contributed by atoms with E-state index in [1.807, 2.05) is 6.92 Å². The summed E-state index contributed by atoms with van der Waals surface area (Å²) in [5.41, 5.74) is 3.45. The monoisotopic (exact) mass is 531 g/mol. The summed E-state index contributed by atoms with van der Waals surface area (Å²) in [6, 6.07) is 10.9. The molecule has 11 heteroatoms. The van der Waals surface area contributed by atoms with Gasteiger partial charge in [-0.25, -0.2) is 0 Å². The maximum absolute atomic E-state index is 13.3. The molecule has 0 amide bonds. The van der Waals surface area contributed by atoms with Crippen molar-refractivity contribution in [1.29, 1.82) is 0 Å². The minimum atomic E-state index is -4.52. The maximum atomic E-state index is 13.3. The topological polar surface area (TPSA) is 80.7 Å². The number of alkyl halides is 3. The lowest BCUT2D eigenvalue weighted by Gasteiger charge is -2.26. The summed E-state index contributed by atoms with van der Waals surface area (Å²) in [7, 11) is 0. The van der Waals surface area contributed by atoms with Gasteiger partial charge in [-0.05, 0) is 62.4 Å². The van der Waals surface area contributed by atoms with Gasteiger partial charge in [0.25, 0.3) is 5.88 Å². The summed E-state index contributed by atoms with van der Waals surface area (Å²) >= 11 is 6.42. The first-order valence-corrected chi connectivity index (χ1v) is 12.3. The number of oxime groups is 1. The van der Waals surface area contributed by atoms with Gasteiger partial charge in [0.1, 0.15) is 17.9 Å². The van der Waals surface area contributed by atoms with Crippen molar-refractivity contribution in [3.8, 4) is 11.6 Å². The van der Waals surface area contributed by atoms with Crippen LogP contribution in [0.15, 0.2) is 47.6 Å². The van der Waals surface area contributed by atoms with E-state index in [-0.39, 0.29) is 28.9 Å². The Morgan fingerprint density at radius 3 is 2.68 bits per heavy atom. The predicted octanol–water partition coefficient (Wildman–Crippen LogP) is 6.02. The Labute approximate surface area is 217 Å². The van der Waals surface area contributed by atoms with E-state index in [1.165, 1.54) is 23.3 Å². The van der Waals surface area contributed by atoms with E-state index in [1.54, 1.807) is 0 Å². The molecule has 1 aliphatic heterocycles. The van der Waals surface area contributed by atoms with Crippen molar-refractivity contribution in [1.82, 2.24) is 15.5 Å². The Bertz CT molecular complexity index is 1340. The van der Waals surface area contributed by atoms with Crippen LogP contribution in [-0.2, 0) is 17.4 Å². The average molecular weight is 532 g/mol. The molecule has 0 saturated heterocycles. The van der Waals surface area contributed by atoms with E-state index >= 15 is 0 Å². The number of benzene rings is 2. The van der Waals surface area contributed by atoms with Gasteiger partial charge in [0, 0.05) is 6.04 Å². The lowest BCUT2D eigenvalue weighted by Crippen LogP contribution is -2.44. The molecule has 1 fully saturated rings. The molecule has 1 aliphatic carbocycles. The molecule has 5 rings (SSSR count). The molecule has 1 saturated carbocycles. The number of nitrogens with one attached hydrogen (secondary N) is 2. The maximum Gasteiger partial charge on any atom is 0.416 e.